The number of hydrogen-bond acceptors (Lipinski definition) is 5. The van der Waals surface area contributed by atoms with Gasteiger partial charge < -0.3 is 15.7 Å². The van der Waals surface area contributed by atoms with Gasteiger partial charge in [-0.3, -0.25) is 0 Å². The van der Waals surface area contributed by atoms with Gasteiger partial charge in [0.15, 0.2) is 0 Å². The summed E-state index contributed by atoms with van der Waals surface area (Å²) in [6, 6.07) is -1.52. The standard InChI is InChI=1S/C10H20N2O5S2/c1-18-6-4-8(9(13)14)12-10(15)11-5-3-7-19(2,16)17/h8H,3-7H2,1-2H3,(H,13,14)(H2,11,12,15). The molecule has 112 valence electrons. The molecule has 0 aliphatic rings. The highest BCUT2D eigenvalue weighted by Crippen LogP contribution is 2.00. The summed E-state index contributed by atoms with van der Waals surface area (Å²) in [6.45, 7) is 0.188. The van der Waals surface area contributed by atoms with E-state index in [4.69, 9.17) is 5.11 Å². The lowest BCUT2D eigenvalue weighted by atomic mass is 10.2. The first-order chi connectivity index (χ1) is 8.76. The van der Waals surface area contributed by atoms with E-state index >= 15 is 0 Å². The Labute approximate surface area is 117 Å². The van der Waals surface area contributed by atoms with Gasteiger partial charge in [-0.1, -0.05) is 0 Å². The summed E-state index contributed by atoms with van der Waals surface area (Å²) < 4.78 is 21.7. The lowest BCUT2D eigenvalue weighted by Crippen LogP contribution is -2.46. The monoisotopic (exact) mass is 312 g/mol. The van der Waals surface area contributed by atoms with Gasteiger partial charge in [-0.2, -0.15) is 11.8 Å². The Morgan fingerprint density at radius 2 is 2.00 bits per heavy atom. The van der Waals surface area contributed by atoms with Gasteiger partial charge in [0.2, 0.25) is 0 Å². The number of thioether (sulfide) groups is 1. The maximum atomic E-state index is 11.4. The van der Waals surface area contributed by atoms with Crippen molar-refractivity contribution in [3.63, 3.8) is 0 Å². The molecule has 1 atom stereocenters. The van der Waals surface area contributed by atoms with E-state index in [9.17, 15) is 18.0 Å². The van der Waals surface area contributed by atoms with E-state index in [0.29, 0.717) is 18.6 Å². The molecule has 0 aromatic carbocycles. The molecule has 0 aliphatic carbocycles. The lowest BCUT2D eigenvalue weighted by Gasteiger charge is -2.14. The third-order valence-corrected chi connectivity index (χ3v) is 3.87. The number of carboxylic acid groups (broad SMARTS) is 1. The molecule has 0 aromatic rings. The highest BCUT2D eigenvalue weighted by molar-refractivity contribution is 7.98. The van der Waals surface area contributed by atoms with Crippen LogP contribution in [0.2, 0.25) is 0 Å². The fourth-order valence-electron chi connectivity index (χ4n) is 1.24. The van der Waals surface area contributed by atoms with Crippen molar-refractivity contribution in [3.8, 4) is 0 Å². The number of hydrogen-bond donors (Lipinski definition) is 3. The Bertz CT molecular complexity index is 397. The molecule has 19 heavy (non-hydrogen) atoms. The number of rotatable bonds is 9. The summed E-state index contributed by atoms with van der Waals surface area (Å²) in [7, 11) is -3.04. The zero-order chi connectivity index (χ0) is 14.9. The third kappa shape index (κ3) is 10.6. The van der Waals surface area contributed by atoms with Crippen LogP contribution in [0.1, 0.15) is 12.8 Å². The van der Waals surface area contributed by atoms with E-state index in [0.717, 1.165) is 6.26 Å². The van der Waals surface area contributed by atoms with Gasteiger partial charge in [0.25, 0.3) is 0 Å². The molecule has 9 heteroatoms. The summed E-state index contributed by atoms with van der Waals surface area (Å²) >= 11 is 1.50. The van der Waals surface area contributed by atoms with Crippen molar-refractivity contribution < 1.29 is 23.1 Å². The molecule has 0 heterocycles. The van der Waals surface area contributed by atoms with Crippen LogP contribution >= 0.6 is 11.8 Å². The first kappa shape index (κ1) is 18.0. The summed E-state index contributed by atoms with van der Waals surface area (Å²) in [5, 5.41) is 13.7. The molecule has 3 N–H and O–H groups in total. The van der Waals surface area contributed by atoms with Gasteiger partial charge in [0, 0.05) is 12.8 Å². The van der Waals surface area contributed by atoms with Crippen LogP contribution in [0.25, 0.3) is 0 Å². The minimum atomic E-state index is -3.04. The highest BCUT2D eigenvalue weighted by atomic mass is 32.2. The van der Waals surface area contributed by atoms with Gasteiger partial charge in [-0.25, -0.2) is 18.0 Å². The Morgan fingerprint density at radius 1 is 1.37 bits per heavy atom. The Kier molecular flexibility index (Phi) is 8.57. The predicted octanol–water partition coefficient (Wildman–Crippen LogP) is -0.0734. The molecule has 0 spiro atoms. The maximum absolute atomic E-state index is 11.4. The van der Waals surface area contributed by atoms with Crippen LogP contribution in [0.5, 0.6) is 0 Å². The smallest absolute Gasteiger partial charge is 0.326 e. The molecule has 7 nitrogen and oxygen atoms in total. The molecule has 0 aromatic heterocycles. The van der Waals surface area contributed by atoms with Crippen molar-refractivity contribution in [3.05, 3.63) is 0 Å². The molecule has 0 fully saturated rings. The molecule has 0 rings (SSSR count). The topological polar surface area (TPSA) is 113 Å². The van der Waals surface area contributed by atoms with Gasteiger partial charge in [0.05, 0.1) is 5.75 Å². The van der Waals surface area contributed by atoms with E-state index in [-0.39, 0.29) is 12.3 Å². The van der Waals surface area contributed by atoms with Gasteiger partial charge in [-0.15, -0.1) is 0 Å². The van der Waals surface area contributed by atoms with Crippen molar-refractivity contribution in [1.29, 1.82) is 0 Å². The molecule has 0 saturated heterocycles. The van der Waals surface area contributed by atoms with Crippen LogP contribution < -0.4 is 10.6 Å². The lowest BCUT2D eigenvalue weighted by molar-refractivity contribution is -0.139. The zero-order valence-electron chi connectivity index (χ0n) is 11.0. The fourth-order valence-corrected chi connectivity index (χ4v) is 2.38. The number of nitrogens with one attached hydrogen (secondary N) is 2. The van der Waals surface area contributed by atoms with Gasteiger partial charge in [0.1, 0.15) is 15.9 Å². The SMILES string of the molecule is CSCCC(NC(=O)NCCCS(C)(=O)=O)C(=O)O. The first-order valence-electron chi connectivity index (χ1n) is 5.70. The molecular weight excluding hydrogens is 292 g/mol. The second kappa shape index (κ2) is 9.03. The minimum Gasteiger partial charge on any atom is -0.480 e. The molecular formula is C10H20N2O5S2. The predicted molar refractivity (Wildman–Crippen MR) is 75.3 cm³/mol. The zero-order valence-corrected chi connectivity index (χ0v) is 12.6. The number of carbonyl (C=O) groups excluding carboxylic acids is 1. The second-order valence-electron chi connectivity index (χ2n) is 4.06. The van der Waals surface area contributed by atoms with Crippen molar-refractivity contribution in [2.45, 2.75) is 18.9 Å². The number of sulfone groups is 1. The van der Waals surface area contributed by atoms with E-state index in [1.165, 1.54) is 11.8 Å². The van der Waals surface area contributed by atoms with Crippen molar-refractivity contribution in [2.24, 2.45) is 0 Å². The summed E-state index contributed by atoms with van der Waals surface area (Å²) in [5.41, 5.74) is 0. The molecule has 1 unspecified atom stereocenters. The second-order valence-corrected chi connectivity index (χ2v) is 7.30. The van der Waals surface area contributed by atoms with Crippen LogP contribution in [0.15, 0.2) is 0 Å². The average molecular weight is 312 g/mol. The van der Waals surface area contributed by atoms with Crippen molar-refractivity contribution in [1.82, 2.24) is 10.6 Å². The van der Waals surface area contributed by atoms with Crippen LogP contribution in [0, 0.1) is 0 Å². The van der Waals surface area contributed by atoms with Crippen LogP contribution in [0.4, 0.5) is 4.79 Å². The van der Waals surface area contributed by atoms with Crippen LogP contribution in [-0.2, 0) is 14.6 Å². The Hall–Kier alpha value is -0.960. The quantitative estimate of drug-likeness (QED) is 0.514. The Morgan fingerprint density at radius 3 is 2.47 bits per heavy atom. The normalized spacial score (nSPS) is 12.7. The maximum Gasteiger partial charge on any atom is 0.326 e. The Balaban J connectivity index is 3.96. The fraction of sp³-hybridized carbons (Fsp3) is 0.800. The molecule has 0 saturated carbocycles. The van der Waals surface area contributed by atoms with Gasteiger partial charge in [-0.05, 0) is 24.9 Å². The minimum absolute atomic E-state index is 0.0118. The van der Waals surface area contributed by atoms with Gasteiger partial charge >= 0.3 is 12.0 Å². The third-order valence-electron chi connectivity index (χ3n) is 2.19. The number of urea groups is 1. The number of aliphatic carboxylic acids is 1. The van der Waals surface area contributed by atoms with E-state index in [1.807, 2.05) is 6.26 Å². The average Bonchev–Trinajstić information content (AvgIpc) is 2.28. The van der Waals surface area contributed by atoms with E-state index in [2.05, 4.69) is 10.6 Å². The van der Waals surface area contributed by atoms with E-state index in [1.54, 1.807) is 0 Å². The number of carbonyl (C=O) groups is 2. The van der Waals surface area contributed by atoms with Crippen LogP contribution in [-0.4, -0.2) is 62.1 Å². The number of carboxylic acids is 1. The summed E-state index contributed by atoms with van der Waals surface area (Å²) in [4.78, 5) is 22.3. The summed E-state index contributed by atoms with van der Waals surface area (Å²) in [5.74, 6) is -0.465. The van der Waals surface area contributed by atoms with E-state index < -0.39 is 27.9 Å². The molecule has 2 amide bonds. The van der Waals surface area contributed by atoms with Crippen LogP contribution in [0.3, 0.4) is 0 Å². The largest absolute Gasteiger partial charge is 0.480 e. The highest BCUT2D eigenvalue weighted by Gasteiger charge is 2.18. The summed E-state index contributed by atoms with van der Waals surface area (Å²) in [6.07, 6.45) is 3.61. The van der Waals surface area contributed by atoms with Crippen molar-refractivity contribution >= 4 is 33.6 Å². The molecule has 0 radical (unpaired) electrons. The number of amides is 2. The molecule has 0 bridgehead atoms. The first-order valence-corrected chi connectivity index (χ1v) is 9.15. The molecule has 0 aliphatic heterocycles. The van der Waals surface area contributed by atoms with Crippen molar-refractivity contribution in [2.75, 3.05) is 30.6 Å².